The Hall–Kier alpha value is -3.89. The summed E-state index contributed by atoms with van der Waals surface area (Å²) in [5, 5.41) is 5.71. The van der Waals surface area contributed by atoms with Crippen molar-refractivity contribution in [2.24, 2.45) is 0 Å². The number of amides is 1. The van der Waals surface area contributed by atoms with Gasteiger partial charge in [-0.25, -0.2) is 4.98 Å². The van der Waals surface area contributed by atoms with Crippen molar-refractivity contribution in [1.82, 2.24) is 4.98 Å². The zero-order chi connectivity index (χ0) is 21.2. The van der Waals surface area contributed by atoms with Gasteiger partial charge in [-0.3, -0.25) is 4.79 Å². The summed E-state index contributed by atoms with van der Waals surface area (Å²) in [5.74, 6) is 0.216. The van der Waals surface area contributed by atoms with Crippen LogP contribution in [0.1, 0.15) is 5.56 Å². The molecule has 0 aliphatic carbocycles. The molecule has 1 heterocycles. The molecule has 1 aromatic heterocycles. The molecule has 0 aliphatic heterocycles. The second-order valence-corrected chi connectivity index (χ2v) is 7.51. The van der Waals surface area contributed by atoms with Crippen molar-refractivity contribution in [3.63, 3.8) is 0 Å². The van der Waals surface area contributed by atoms with Crippen LogP contribution in [-0.4, -0.2) is 10.9 Å². The van der Waals surface area contributed by atoms with Gasteiger partial charge in [-0.15, -0.1) is 0 Å². The molecule has 0 saturated heterocycles. The van der Waals surface area contributed by atoms with E-state index in [4.69, 9.17) is 21.0 Å². The molecular weight excluding hydrogens is 408 g/mol. The molecule has 5 rings (SSSR count). The molecule has 5 heteroatoms. The molecule has 31 heavy (non-hydrogen) atoms. The Morgan fingerprint density at radius 3 is 2.55 bits per heavy atom. The lowest BCUT2D eigenvalue weighted by atomic mass is 10.1. The largest absolute Gasteiger partial charge is 0.436 e. The Morgan fingerprint density at radius 1 is 0.903 bits per heavy atom. The Labute approximate surface area is 183 Å². The van der Waals surface area contributed by atoms with E-state index in [-0.39, 0.29) is 5.91 Å². The number of hydrogen-bond acceptors (Lipinski definition) is 3. The summed E-state index contributed by atoms with van der Waals surface area (Å²) >= 11 is 5.90. The maximum absolute atomic E-state index is 12.5. The number of hydrogen-bond donors (Lipinski definition) is 1. The lowest BCUT2D eigenvalue weighted by Gasteiger charge is -2.06. The zero-order valence-corrected chi connectivity index (χ0v) is 17.1. The van der Waals surface area contributed by atoms with Crippen LogP contribution in [0.25, 0.3) is 39.4 Å². The number of oxazole rings is 1. The number of para-hydroxylation sites is 1. The minimum Gasteiger partial charge on any atom is -0.436 e. The van der Waals surface area contributed by atoms with Gasteiger partial charge in [0, 0.05) is 16.5 Å². The highest BCUT2D eigenvalue weighted by Gasteiger charge is 2.14. The summed E-state index contributed by atoms with van der Waals surface area (Å²) in [6, 6.07) is 26.7. The van der Waals surface area contributed by atoms with Crippen LogP contribution >= 0.6 is 11.6 Å². The summed E-state index contributed by atoms with van der Waals surface area (Å²) in [6.45, 7) is 0. The maximum Gasteiger partial charge on any atom is 0.248 e. The summed E-state index contributed by atoms with van der Waals surface area (Å²) in [6.07, 6.45) is 3.22. The highest BCUT2D eigenvalue weighted by molar-refractivity contribution is 6.30. The fraction of sp³-hybridized carbons (Fsp3) is 0. The SMILES string of the molecule is O=C(C=Cc1ccc(Cl)cc1)Nc1ccccc1-c1nc2c(ccc3ccccc32)o1. The zero-order valence-electron chi connectivity index (χ0n) is 16.4. The number of nitrogens with one attached hydrogen (secondary N) is 1. The number of benzene rings is 4. The second kappa shape index (κ2) is 8.09. The molecule has 0 radical (unpaired) electrons. The minimum absolute atomic E-state index is 0.246. The fourth-order valence-corrected chi connectivity index (χ4v) is 3.60. The molecule has 0 atom stereocenters. The normalized spacial score (nSPS) is 11.4. The third-order valence-electron chi connectivity index (χ3n) is 5.00. The monoisotopic (exact) mass is 424 g/mol. The number of fused-ring (bicyclic) bond motifs is 3. The smallest absolute Gasteiger partial charge is 0.248 e. The van der Waals surface area contributed by atoms with Gasteiger partial charge in [-0.1, -0.05) is 66.2 Å². The average Bonchev–Trinajstić information content (AvgIpc) is 3.24. The molecule has 1 amide bonds. The summed E-state index contributed by atoms with van der Waals surface area (Å²) < 4.78 is 6.03. The molecule has 4 aromatic carbocycles. The molecule has 0 unspecified atom stereocenters. The van der Waals surface area contributed by atoms with E-state index in [0.29, 0.717) is 22.2 Å². The van der Waals surface area contributed by atoms with Gasteiger partial charge in [-0.2, -0.15) is 0 Å². The lowest BCUT2D eigenvalue weighted by Crippen LogP contribution is -2.08. The molecule has 0 spiro atoms. The van der Waals surface area contributed by atoms with Crippen LogP contribution in [0.2, 0.25) is 5.02 Å². The van der Waals surface area contributed by atoms with Crippen LogP contribution < -0.4 is 5.32 Å². The van der Waals surface area contributed by atoms with E-state index in [1.165, 1.54) is 6.08 Å². The molecule has 1 N–H and O–H groups in total. The van der Waals surface area contributed by atoms with Crippen LogP contribution in [-0.2, 0) is 4.79 Å². The Bertz CT molecular complexity index is 1440. The molecule has 0 bridgehead atoms. The third kappa shape index (κ3) is 3.93. The third-order valence-corrected chi connectivity index (χ3v) is 5.25. The molecule has 150 valence electrons. The van der Waals surface area contributed by atoms with E-state index in [0.717, 1.165) is 27.4 Å². The molecule has 5 aromatic rings. The van der Waals surface area contributed by atoms with Gasteiger partial charge in [0.05, 0.1) is 11.3 Å². The van der Waals surface area contributed by atoms with Gasteiger partial charge in [0.1, 0.15) is 5.52 Å². The Kier molecular flexibility index (Phi) is 4.98. The van der Waals surface area contributed by atoms with Crippen LogP contribution in [0.15, 0.2) is 95.4 Å². The minimum atomic E-state index is -0.246. The number of nitrogens with zero attached hydrogens (tertiary/aromatic N) is 1. The van der Waals surface area contributed by atoms with Gasteiger partial charge in [0.25, 0.3) is 0 Å². The summed E-state index contributed by atoms with van der Waals surface area (Å²) in [5.41, 5.74) is 3.74. The molecular formula is C26H17ClN2O2. The number of carbonyl (C=O) groups is 1. The fourth-order valence-electron chi connectivity index (χ4n) is 3.48. The van der Waals surface area contributed by atoms with Crippen molar-refractivity contribution < 1.29 is 9.21 Å². The van der Waals surface area contributed by atoms with E-state index in [2.05, 4.69) is 5.32 Å². The van der Waals surface area contributed by atoms with Crippen molar-refractivity contribution >= 4 is 51.1 Å². The lowest BCUT2D eigenvalue weighted by molar-refractivity contribution is -0.111. The molecule has 0 aliphatic rings. The number of aromatic nitrogens is 1. The summed E-state index contributed by atoms with van der Waals surface area (Å²) in [4.78, 5) is 17.2. The first kappa shape index (κ1) is 19.1. The van der Waals surface area contributed by atoms with Gasteiger partial charge < -0.3 is 9.73 Å². The van der Waals surface area contributed by atoms with Gasteiger partial charge in [0.2, 0.25) is 11.8 Å². The molecule has 0 fully saturated rings. The van der Waals surface area contributed by atoms with E-state index < -0.39 is 0 Å². The van der Waals surface area contributed by atoms with Gasteiger partial charge in [0.15, 0.2) is 5.58 Å². The van der Waals surface area contributed by atoms with Crippen LogP contribution in [0.4, 0.5) is 5.69 Å². The highest BCUT2D eigenvalue weighted by Crippen LogP contribution is 2.33. The predicted molar refractivity (Wildman–Crippen MR) is 126 cm³/mol. The summed E-state index contributed by atoms with van der Waals surface area (Å²) in [7, 11) is 0. The van der Waals surface area contributed by atoms with Crippen LogP contribution in [0.3, 0.4) is 0 Å². The van der Waals surface area contributed by atoms with E-state index in [1.807, 2.05) is 72.8 Å². The number of rotatable bonds is 4. The van der Waals surface area contributed by atoms with Gasteiger partial charge in [-0.05, 0) is 47.4 Å². The quantitative estimate of drug-likeness (QED) is 0.317. The van der Waals surface area contributed by atoms with Gasteiger partial charge >= 0.3 is 0 Å². The first-order valence-electron chi connectivity index (χ1n) is 9.80. The van der Waals surface area contributed by atoms with E-state index >= 15 is 0 Å². The van der Waals surface area contributed by atoms with Crippen LogP contribution in [0, 0.1) is 0 Å². The van der Waals surface area contributed by atoms with Crippen molar-refractivity contribution in [1.29, 1.82) is 0 Å². The Balaban J connectivity index is 1.46. The predicted octanol–water partition coefficient (Wildman–Crippen LogP) is 6.95. The molecule has 0 saturated carbocycles. The average molecular weight is 425 g/mol. The number of halogens is 1. The van der Waals surface area contributed by atoms with E-state index in [9.17, 15) is 4.79 Å². The number of anilines is 1. The number of carbonyl (C=O) groups excluding carboxylic acids is 1. The highest BCUT2D eigenvalue weighted by atomic mass is 35.5. The standard InChI is InChI=1S/C26H17ClN2O2/c27-19-13-9-17(10-14-19)11-16-24(30)28-22-8-4-3-7-21(22)26-29-25-20-6-2-1-5-18(20)12-15-23(25)31-26/h1-16H,(H,28,30). The van der Waals surface area contributed by atoms with Crippen molar-refractivity contribution in [2.45, 2.75) is 0 Å². The van der Waals surface area contributed by atoms with Crippen molar-refractivity contribution in [3.05, 3.63) is 102 Å². The first-order valence-corrected chi connectivity index (χ1v) is 10.2. The van der Waals surface area contributed by atoms with Crippen LogP contribution in [0.5, 0.6) is 0 Å². The van der Waals surface area contributed by atoms with Crippen molar-refractivity contribution in [2.75, 3.05) is 5.32 Å². The Morgan fingerprint density at radius 2 is 1.68 bits per heavy atom. The molecule has 4 nitrogen and oxygen atoms in total. The maximum atomic E-state index is 12.5. The van der Waals surface area contributed by atoms with Crippen molar-refractivity contribution in [3.8, 4) is 11.5 Å². The topological polar surface area (TPSA) is 55.1 Å². The first-order chi connectivity index (χ1) is 15.2. The second-order valence-electron chi connectivity index (χ2n) is 7.07. The van der Waals surface area contributed by atoms with E-state index in [1.54, 1.807) is 18.2 Å².